The van der Waals surface area contributed by atoms with Crippen LogP contribution in [0.3, 0.4) is 0 Å². The monoisotopic (exact) mass is 264 g/mol. The van der Waals surface area contributed by atoms with Crippen molar-refractivity contribution in [3.8, 4) is 5.75 Å². The minimum atomic E-state index is -0.927. The topological polar surface area (TPSA) is 98.5 Å². The maximum atomic E-state index is 11.4. The van der Waals surface area contributed by atoms with Crippen molar-refractivity contribution in [2.45, 2.75) is 26.4 Å². The lowest BCUT2D eigenvalue weighted by Gasteiger charge is -2.13. The number of benzene rings is 1. The number of hydrogen-bond acceptors (Lipinski definition) is 4. The number of urea groups is 1. The summed E-state index contributed by atoms with van der Waals surface area (Å²) in [5.41, 5.74) is 5.42. The van der Waals surface area contributed by atoms with Gasteiger partial charge in [-0.2, -0.15) is 0 Å². The highest BCUT2D eigenvalue weighted by Crippen LogP contribution is 2.15. The molecule has 1 atom stereocenters. The Morgan fingerprint density at radius 1 is 1.26 bits per heavy atom. The molecule has 0 spiro atoms. The molecule has 0 fully saturated rings. The summed E-state index contributed by atoms with van der Waals surface area (Å²) in [7, 11) is 0. The molecule has 3 amide bonds. The van der Waals surface area contributed by atoms with Crippen molar-refractivity contribution in [1.82, 2.24) is 5.32 Å². The van der Waals surface area contributed by atoms with E-state index in [1.807, 2.05) is 5.32 Å². The van der Waals surface area contributed by atoms with Gasteiger partial charge in [-0.1, -0.05) is 6.92 Å². The van der Waals surface area contributed by atoms with E-state index in [1.54, 1.807) is 31.2 Å². The Kier molecular flexibility index (Phi) is 5.05. The van der Waals surface area contributed by atoms with Crippen molar-refractivity contribution in [2.24, 2.45) is 5.73 Å². The second kappa shape index (κ2) is 6.53. The van der Waals surface area contributed by atoms with E-state index in [1.165, 1.54) is 6.92 Å². The molecule has 0 bridgehead atoms. The normalized spacial score (nSPS) is 11.5. The number of carbonyl (C=O) groups excluding carboxylic acids is 3. The fourth-order valence-corrected chi connectivity index (χ4v) is 1.40. The summed E-state index contributed by atoms with van der Waals surface area (Å²) in [5, 5.41) is 1.92. The molecule has 0 aromatic heterocycles. The highest BCUT2D eigenvalue weighted by molar-refractivity contribution is 5.96. The van der Waals surface area contributed by atoms with E-state index in [-0.39, 0.29) is 5.78 Å². The second-order valence-corrected chi connectivity index (χ2v) is 3.91. The van der Waals surface area contributed by atoms with Gasteiger partial charge in [-0.3, -0.25) is 14.9 Å². The van der Waals surface area contributed by atoms with Crippen LogP contribution < -0.4 is 15.8 Å². The van der Waals surface area contributed by atoms with E-state index in [0.29, 0.717) is 17.7 Å². The van der Waals surface area contributed by atoms with E-state index in [2.05, 4.69) is 0 Å². The van der Waals surface area contributed by atoms with Crippen LogP contribution in [0, 0.1) is 0 Å². The van der Waals surface area contributed by atoms with Gasteiger partial charge < -0.3 is 10.5 Å². The smallest absolute Gasteiger partial charge is 0.318 e. The van der Waals surface area contributed by atoms with Crippen molar-refractivity contribution in [1.29, 1.82) is 0 Å². The molecule has 102 valence electrons. The predicted octanol–water partition coefficient (Wildman–Crippen LogP) is 1.24. The summed E-state index contributed by atoms with van der Waals surface area (Å²) in [6, 6.07) is 5.51. The third kappa shape index (κ3) is 4.42. The Morgan fingerprint density at radius 2 is 1.84 bits per heavy atom. The van der Waals surface area contributed by atoms with Gasteiger partial charge in [-0.15, -0.1) is 0 Å². The Bertz CT molecular complexity index is 482. The standard InChI is InChI=1S/C13H16N2O4/c1-3-11(16)9-4-6-10(7-5-9)19-8(2)12(17)15-13(14)18/h4-8H,3H2,1-2H3,(H3,14,15,17,18). The number of nitrogens with one attached hydrogen (secondary N) is 1. The molecule has 0 saturated carbocycles. The first-order chi connectivity index (χ1) is 8.93. The average molecular weight is 264 g/mol. The van der Waals surface area contributed by atoms with Gasteiger partial charge in [0.25, 0.3) is 5.91 Å². The maximum absolute atomic E-state index is 11.4. The molecule has 0 aliphatic carbocycles. The quantitative estimate of drug-likeness (QED) is 0.781. The minimum Gasteiger partial charge on any atom is -0.481 e. The number of imide groups is 1. The van der Waals surface area contributed by atoms with Crippen LogP contribution in [-0.2, 0) is 4.79 Å². The van der Waals surface area contributed by atoms with Crippen LogP contribution in [0.2, 0.25) is 0 Å². The lowest BCUT2D eigenvalue weighted by Crippen LogP contribution is -2.42. The number of carbonyl (C=O) groups is 3. The molecule has 6 nitrogen and oxygen atoms in total. The zero-order valence-electron chi connectivity index (χ0n) is 10.8. The van der Waals surface area contributed by atoms with Gasteiger partial charge in [0.05, 0.1) is 0 Å². The van der Waals surface area contributed by atoms with Crippen LogP contribution in [0.1, 0.15) is 30.6 Å². The van der Waals surface area contributed by atoms with Crippen LogP contribution in [0.4, 0.5) is 4.79 Å². The molecule has 1 rings (SSSR count). The molecule has 0 aliphatic heterocycles. The highest BCUT2D eigenvalue weighted by Gasteiger charge is 2.16. The Hall–Kier alpha value is -2.37. The summed E-state index contributed by atoms with van der Waals surface area (Å²) < 4.78 is 5.31. The van der Waals surface area contributed by atoms with Crippen molar-refractivity contribution in [3.05, 3.63) is 29.8 Å². The largest absolute Gasteiger partial charge is 0.481 e. The van der Waals surface area contributed by atoms with E-state index in [9.17, 15) is 14.4 Å². The number of primary amides is 1. The Labute approximate surface area is 110 Å². The molecule has 0 aliphatic rings. The average Bonchev–Trinajstić information content (AvgIpc) is 2.37. The van der Waals surface area contributed by atoms with Crippen molar-refractivity contribution < 1.29 is 19.1 Å². The summed E-state index contributed by atoms with van der Waals surface area (Å²) >= 11 is 0. The molecular formula is C13H16N2O4. The lowest BCUT2D eigenvalue weighted by atomic mass is 10.1. The molecule has 1 aromatic rings. The number of ether oxygens (including phenoxy) is 1. The molecule has 19 heavy (non-hydrogen) atoms. The molecule has 0 saturated heterocycles. The van der Waals surface area contributed by atoms with Gasteiger partial charge >= 0.3 is 6.03 Å². The number of Topliss-reactive ketones (excluding diaryl/α,β-unsaturated/α-hetero) is 1. The van der Waals surface area contributed by atoms with Gasteiger partial charge in [-0.25, -0.2) is 4.79 Å². The Morgan fingerprint density at radius 3 is 2.32 bits per heavy atom. The summed E-state index contributed by atoms with van der Waals surface area (Å²) in [6.45, 7) is 3.27. The fraction of sp³-hybridized carbons (Fsp3) is 0.308. The number of nitrogens with two attached hydrogens (primary N) is 1. The van der Waals surface area contributed by atoms with Gasteiger partial charge in [0.2, 0.25) is 0 Å². The number of hydrogen-bond donors (Lipinski definition) is 2. The highest BCUT2D eigenvalue weighted by atomic mass is 16.5. The molecule has 6 heteroatoms. The van der Waals surface area contributed by atoms with E-state index >= 15 is 0 Å². The van der Waals surface area contributed by atoms with Crippen LogP contribution in [-0.4, -0.2) is 23.8 Å². The third-order valence-electron chi connectivity index (χ3n) is 2.43. The first-order valence-corrected chi connectivity index (χ1v) is 5.84. The van der Waals surface area contributed by atoms with E-state index < -0.39 is 18.0 Å². The zero-order chi connectivity index (χ0) is 14.4. The summed E-state index contributed by atoms with van der Waals surface area (Å²) in [4.78, 5) is 33.3. The fourth-order valence-electron chi connectivity index (χ4n) is 1.40. The Balaban J connectivity index is 2.65. The summed E-state index contributed by atoms with van der Waals surface area (Å²) in [5.74, 6) is -0.160. The molecular weight excluding hydrogens is 248 g/mol. The molecule has 0 heterocycles. The van der Waals surface area contributed by atoms with Crippen LogP contribution in [0.25, 0.3) is 0 Å². The third-order valence-corrected chi connectivity index (χ3v) is 2.43. The van der Waals surface area contributed by atoms with E-state index in [0.717, 1.165) is 0 Å². The van der Waals surface area contributed by atoms with Crippen LogP contribution >= 0.6 is 0 Å². The second-order valence-electron chi connectivity index (χ2n) is 3.91. The number of rotatable bonds is 5. The molecule has 1 aromatic carbocycles. The van der Waals surface area contributed by atoms with Crippen molar-refractivity contribution in [2.75, 3.05) is 0 Å². The van der Waals surface area contributed by atoms with Crippen LogP contribution in [0.15, 0.2) is 24.3 Å². The van der Waals surface area contributed by atoms with Gasteiger partial charge in [0.1, 0.15) is 5.75 Å². The zero-order valence-corrected chi connectivity index (χ0v) is 10.8. The van der Waals surface area contributed by atoms with Gasteiger partial charge in [-0.05, 0) is 31.2 Å². The first kappa shape index (κ1) is 14.7. The van der Waals surface area contributed by atoms with Gasteiger partial charge in [0, 0.05) is 12.0 Å². The first-order valence-electron chi connectivity index (χ1n) is 5.84. The molecule has 3 N–H and O–H groups in total. The molecule has 1 unspecified atom stereocenters. The SMILES string of the molecule is CCC(=O)c1ccc(OC(C)C(=O)NC(N)=O)cc1. The summed E-state index contributed by atoms with van der Waals surface area (Å²) in [6.07, 6.45) is -0.433. The predicted molar refractivity (Wildman–Crippen MR) is 68.9 cm³/mol. The van der Waals surface area contributed by atoms with Crippen LogP contribution in [0.5, 0.6) is 5.75 Å². The minimum absolute atomic E-state index is 0.0334. The van der Waals surface area contributed by atoms with Crippen molar-refractivity contribution >= 4 is 17.7 Å². The molecule has 0 radical (unpaired) electrons. The number of ketones is 1. The lowest BCUT2D eigenvalue weighted by molar-refractivity contribution is -0.126. The maximum Gasteiger partial charge on any atom is 0.318 e. The number of amides is 3. The van der Waals surface area contributed by atoms with Crippen molar-refractivity contribution in [3.63, 3.8) is 0 Å². The van der Waals surface area contributed by atoms with Gasteiger partial charge in [0.15, 0.2) is 11.9 Å². The van der Waals surface area contributed by atoms with E-state index in [4.69, 9.17) is 10.5 Å².